The number of sulfone groups is 2. The van der Waals surface area contributed by atoms with E-state index in [0.717, 1.165) is 46.0 Å². The number of halogens is 2. The number of ether oxygens (including phenoxy) is 2. The number of rotatable bonds is 14. The summed E-state index contributed by atoms with van der Waals surface area (Å²) in [6.45, 7) is 12.5. The van der Waals surface area contributed by atoms with Crippen molar-refractivity contribution >= 4 is 93.5 Å². The molecule has 0 atom stereocenters. The van der Waals surface area contributed by atoms with Crippen LogP contribution < -0.4 is 29.1 Å². The maximum atomic E-state index is 15.5. The molecule has 4 aromatic carbocycles. The summed E-state index contributed by atoms with van der Waals surface area (Å²) in [5, 5.41) is 3.13. The van der Waals surface area contributed by atoms with Crippen molar-refractivity contribution in [1.29, 1.82) is 0 Å². The number of carbonyl (C=O) groups is 1. The number of anilines is 4. The van der Waals surface area contributed by atoms with Crippen molar-refractivity contribution in [3.63, 3.8) is 0 Å². The summed E-state index contributed by atoms with van der Waals surface area (Å²) >= 11 is 12.4. The van der Waals surface area contributed by atoms with Gasteiger partial charge in [-0.05, 0) is 96.8 Å². The lowest BCUT2D eigenvalue weighted by Gasteiger charge is -2.38. The van der Waals surface area contributed by atoms with Crippen molar-refractivity contribution < 1.29 is 31.1 Å². The third-order valence-corrected chi connectivity index (χ3v) is 14.4. The SMILES string of the molecule is CC(C)COc1c(C(=O)c2cc(S(C)(=O)=O)cc(N3CCN(c4ccc5cc(Cl)ccc5n4)CC3)c2OCC(C)C)cc(S(C)(=O)=O)cc1N1CCN(c2ccc3cc(Cl)ccc3n2)CC1. The molecular formula is C49H54Cl2N6O7S2. The van der Waals surface area contributed by atoms with E-state index in [1.54, 1.807) is 12.1 Å². The van der Waals surface area contributed by atoms with Gasteiger partial charge in [-0.3, -0.25) is 4.79 Å². The van der Waals surface area contributed by atoms with Gasteiger partial charge in [0.1, 0.15) is 11.6 Å². The lowest BCUT2D eigenvalue weighted by Crippen LogP contribution is -2.47. The van der Waals surface area contributed by atoms with Crippen molar-refractivity contribution in [2.75, 3.05) is 97.7 Å². The second-order valence-electron chi connectivity index (χ2n) is 17.9. The molecule has 2 saturated heterocycles. The van der Waals surface area contributed by atoms with Gasteiger partial charge in [0.15, 0.2) is 31.2 Å². The minimum atomic E-state index is -3.87. The van der Waals surface area contributed by atoms with E-state index < -0.39 is 25.5 Å². The standard InChI is InChI=1S/C49H54Cl2N6O7S2/c1-31(2)29-63-48-39(25-37(65(5,59)60)27-43(48)54-15-19-56(20-16-54)45-13-7-33-23-35(50)9-11-41(33)52-45)47(58)40-26-38(66(6,61)62)28-44(49(40)64-30-32(3)4)55-17-21-57(22-18-55)46-14-8-34-24-36(51)10-12-42(34)53-46/h7-14,23-28,31-32H,15-22,29-30H2,1-6H3. The monoisotopic (exact) mass is 972 g/mol. The van der Waals surface area contributed by atoms with Gasteiger partial charge in [0, 0.05) is 85.7 Å². The summed E-state index contributed by atoms with van der Waals surface area (Å²) < 4.78 is 67.1. The number of hydrogen-bond acceptors (Lipinski definition) is 13. The van der Waals surface area contributed by atoms with Crippen LogP contribution in [-0.2, 0) is 19.7 Å². The highest BCUT2D eigenvalue weighted by Gasteiger charge is 2.33. The summed E-state index contributed by atoms with van der Waals surface area (Å²) in [6.07, 6.45) is 2.21. The highest BCUT2D eigenvalue weighted by atomic mass is 35.5. The lowest BCUT2D eigenvalue weighted by atomic mass is 9.98. The number of ketones is 1. The highest BCUT2D eigenvalue weighted by Crippen LogP contribution is 2.43. The molecule has 0 unspecified atom stereocenters. The number of piperazine rings is 2. The molecular weight excluding hydrogens is 920 g/mol. The maximum Gasteiger partial charge on any atom is 0.200 e. The van der Waals surface area contributed by atoms with E-state index in [9.17, 15) is 16.8 Å². The minimum Gasteiger partial charge on any atom is -0.490 e. The van der Waals surface area contributed by atoms with Gasteiger partial charge in [-0.2, -0.15) is 0 Å². The summed E-state index contributed by atoms with van der Waals surface area (Å²) in [5.41, 5.74) is 2.52. The fourth-order valence-corrected chi connectivity index (χ4v) is 9.91. The molecule has 13 nitrogen and oxygen atoms in total. The molecule has 17 heteroatoms. The average molecular weight is 974 g/mol. The van der Waals surface area contributed by atoms with Crippen LogP contribution in [-0.4, -0.2) is 111 Å². The fourth-order valence-electron chi connectivity index (χ4n) is 8.24. The Kier molecular flexibility index (Phi) is 13.6. The molecule has 0 bridgehead atoms. The van der Waals surface area contributed by atoms with E-state index in [-0.39, 0.29) is 57.5 Å². The van der Waals surface area contributed by atoms with Crippen molar-refractivity contribution in [3.05, 3.63) is 106 Å². The molecule has 0 spiro atoms. The molecule has 6 aromatic rings. The van der Waals surface area contributed by atoms with Crippen LogP contribution in [0.4, 0.5) is 23.0 Å². The molecule has 348 valence electrons. The number of aromatic nitrogens is 2. The smallest absolute Gasteiger partial charge is 0.200 e. The molecule has 0 amide bonds. The van der Waals surface area contributed by atoms with Crippen molar-refractivity contribution in [2.45, 2.75) is 37.5 Å². The predicted molar refractivity (Wildman–Crippen MR) is 266 cm³/mol. The third-order valence-electron chi connectivity index (χ3n) is 11.7. The number of carbonyl (C=O) groups excluding carboxylic acids is 1. The Bertz CT molecular complexity index is 2840. The maximum absolute atomic E-state index is 15.5. The van der Waals surface area contributed by atoms with Gasteiger partial charge in [0.05, 0.1) is 56.5 Å². The van der Waals surface area contributed by atoms with Crippen molar-refractivity contribution in [3.8, 4) is 11.5 Å². The first-order chi connectivity index (χ1) is 31.3. The van der Waals surface area contributed by atoms with Crippen LogP contribution in [0.25, 0.3) is 21.8 Å². The molecule has 2 fully saturated rings. The normalized spacial score (nSPS) is 15.1. The Labute approximate surface area is 397 Å². The number of fused-ring (bicyclic) bond motifs is 2. The molecule has 2 aliphatic rings. The van der Waals surface area contributed by atoms with E-state index in [1.807, 2.05) is 98.2 Å². The molecule has 0 saturated carbocycles. The molecule has 8 rings (SSSR count). The average Bonchev–Trinajstić information content (AvgIpc) is 3.28. The Balaban J connectivity index is 1.18. The van der Waals surface area contributed by atoms with Gasteiger partial charge >= 0.3 is 0 Å². The Morgan fingerprint density at radius 3 is 1.26 bits per heavy atom. The quantitative estimate of drug-likeness (QED) is 0.0961. The molecule has 66 heavy (non-hydrogen) atoms. The Morgan fingerprint density at radius 1 is 0.545 bits per heavy atom. The summed E-state index contributed by atoms with van der Waals surface area (Å²) in [5.74, 6) is 1.51. The van der Waals surface area contributed by atoms with Crippen molar-refractivity contribution in [2.24, 2.45) is 11.8 Å². The first-order valence-electron chi connectivity index (χ1n) is 22.0. The molecule has 2 aliphatic heterocycles. The fraction of sp³-hybridized carbons (Fsp3) is 0.367. The zero-order chi connectivity index (χ0) is 47.1. The van der Waals surface area contributed by atoms with Gasteiger partial charge < -0.3 is 29.1 Å². The minimum absolute atomic E-state index is 0.00894. The van der Waals surface area contributed by atoms with Gasteiger partial charge in [-0.1, -0.05) is 50.9 Å². The third kappa shape index (κ3) is 10.4. The van der Waals surface area contributed by atoms with Crippen LogP contribution in [0.15, 0.2) is 94.7 Å². The van der Waals surface area contributed by atoms with Crippen LogP contribution >= 0.6 is 23.2 Å². The molecule has 0 N–H and O–H groups in total. The van der Waals surface area contributed by atoms with Gasteiger partial charge in [-0.15, -0.1) is 0 Å². The van der Waals surface area contributed by atoms with E-state index in [1.165, 1.54) is 12.1 Å². The molecule has 2 aromatic heterocycles. The number of nitrogens with zero attached hydrogens (tertiary/aromatic N) is 6. The van der Waals surface area contributed by atoms with E-state index >= 15 is 4.79 Å². The number of benzene rings is 4. The van der Waals surface area contributed by atoms with Crippen LogP contribution in [0.3, 0.4) is 0 Å². The largest absolute Gasteiger partial charge is 0.490 e. The first kappa shape index (κ1) is 47.2. The second kappa shape index (κ2) is 19.1. The number of pyridine rings is 2. The van der Waals surface area contributed by atoms with Crippen LogP contribution in [0.2, 0.25) is 10.0 Å². The Hall–Kier alpha value is -5.35. The summed E-state index contributed by atoms with van der Waals surface area (Å²) in [6, 6.07) is 24.9. The molecule has 4 heterocycles. The topological polar surface area (TPSA) is 143 Å². The zero-order valence-electron chi connectivity index (χ0n) is 37.9. The van der Waals surface area contributed by atoms with Gasteiger partial charge in [-0.25, -0.2) is 26.8 Å². The molecule has 0 radical (unpaired) electrons. The zero-order valence-corrected chi connectivity index (χ0v) is 41.1. The predicted octanol–water partition coefficient (Wildman–Crippen LogP) is 8.85. The van der Waals surface area contributed by atoms with E-state index in [2.05, 4.69) is 9.80 Å². The summed E-state index contributed by atoms with van der Waals surface area (Å²) in [4.78, 5) is 33.5. The number of hydrogen-bond donors (Lipinski definition) is 0. The van der Waals surface area contributed by atoms with Crippen LogP contribution in [0.5, 0.6) is 11.5 Å². The molecule has 0 aliphatic carbocycles. The second-order valence-corrected chi connectivity index (χ2v) is 22.8. The van der Waals surface area contributed by atoms with Gasteiger partial charge in [0.2, 0.25) is 5.78 Å². The Morgan fingerprint density at radius 2 is 0.909 bits per heavy atom. The van der Waals surface area contributed by atoms with Crippen molar-refractivity contribution in [1.82, 2.24) is 9.97 Å². The lowest BCUT2D eigenvalue weighted by molar-refractivity contribution is 0.102. The van der Waals surface area contributed by atoms with Crippen LogP contribution in [0.1, 0.15) is 43.6 Å². The van der Waals surface area contributed by atoms with E-state index in [4.69, 9.17) is 42.6 Å². The summed E-state index contributed by atoms with van der Waals surface area (Å²) in [7, 11) is -7.75. The van der Waals surface area contributed by atoms with E-state index in [0.29, 0.717) is 73.8 Å². The highest BCUT2D eigenvalue weighted by molar-refractivity contribution is 7.91. The van der Waals surface area contributed by atoms with Crippen LogP contribution in [0, 0.1) is 11.8 Å². The first-order valence-corrected chi connectivity index (χ1v) is 26.5. The van der Waals surface area contributed by atoms with Gasteiger partial charge in [0.25, 0.3) is 0 Å².